The minimum atomic E-state index is -1.46. The first-order chi connectivity index (χ1) is 24.4. The minimum absolute atomic E-state index is 0.293. The van der Waals surface area contributed by atoms with Crippen LogP contribution < -0.4 is 0 Å². The van der Waals surface area contributed by atoms with Crippen LogP contribution in [0.4, 0.5) is 0 Å². The molecule has 6 heteroatoms. The Hall–Kier alpha value is -2.37. The van der Waals surface area contributed by atoms with Gasteiger partial charge in [-0.2, -0.15) is 0 Å². The molecule has 1 aromatic rings. The second kappa shape index (κ2) is 28.2. The highest BCUT2D eigenvalue weighted by molar-refractivity contribution is 6.11. The van der Waals surface area contributed by atoms with E-state index in [4.69, 9.17) is 0 Å². The molecule has 0 bridgehead atoms. The first-order valence-corrected chi connectivity index (χ1v) is 21.3. The molecule has 3 N–H and O–H groups in total. The van der Waals surface area contributed by atoms with Gasteiger partial charge in [0.25, 0.3) is 0 Å². The Bertz CT molecular complexity index is 1050. The smallest absolute Gasteiger partial charge is 0.337 e. The Labute approximate surface area is 313 Å². The van der Waals surface area contributed by atoms with E-state index in [2.05, 4.69) is 41.5 Å². The number of carboxylic acid groups (broad SMARTS) is 3. The van der Waals surface area contributed by atoms with E-state index in [1.165, 1.54) is 83.5 Å². The molecule has 0 unspecified atom stereocenters. The van der Waals surface area contributed by atoms with Crippen molar-refractivity contribution in [2.24, 2.45) is 17.8 Å². The first-order valence-electron chi connectivity index (χ1n) is 21.3. The van der Waals surface area contributed by atoms with Gasteiger partial charge in [0.15, 0.2) is 0 Å². The maximum atomic E-state index is 12.8. The molecule has 1 rings (SSSR count). The highest BCUT2D eigenvalue weighted by Crippen LogP contribution is 2.34. The zero-order valence-corrected chi connectivity index (χ0v) is 33.9. The minimum Gasteiger partial charge on any atom is -0.478 e. The SMILES string of the molecule is CC(C)CCCCCCCCCc1c(CCCCCCCCCC(C)C)c(C(=O)O)c(C(=O)O)c(C(=O)O)c1CCCCCCCCCC(C)C. The number of aromatic carboxylic acids is 3. The lowest BCUT2D eigenvalue weighted by Crippen LogP contribution is -2.23. The average molecular weight is 715 g/mol. The Morgan fingerprint density at radius 3 is 0.784 bits per heavy atom. The molecule has 6 nitrogen and oxygen atoms in total. The first kappa shape index (κ1) is 46.7. The summed E-state index contributed by atoms with van der Waals surface area (Å²) < 4.78 is 0. The normalized spacial score (nSPS) is 11.7. The molecule has 0 fully saturated rings. The van der Waals surface area contributed by atoms with Crippen molar-refractivity contribution in [1.82, 2.24) is 0 Å². The van der Waals surface area contributed by atoms with E-state index in [1.807, 2.05) is 0 Å². The average Bonchev–Trinajstić information content (AvgIpc) is 3.05. The lowest BCUT2D eigenvalue weighted by Gasteiger charge is -2.23. The monoisotopic (exact) mass is 715 g/mol. The topological polar surface area (TPSA) is 112 Å². The number of rotatable bonds is 33. The predicted molar refractivity (Wildman–Crippen MR) is 214 cm³/mol. The number of benzene rings is 1. The third kappa shape index (κ3) is 20.5. The summed E-state index contributed by atoms with van der Waals surface area (Å²) in [5.74, 6) is -1.91. The zero-order valence-electron chi connectivity index (χ0n) is 33.9. The standard InChI is InChI=1S/C45H78O6/c1-34(2)28-22-16-10-7-13-19-25-31-37-38(32-26-20-14-8-11-17-23-29-35(3)4)40(43(46)47)42(45(50)51)41(44(48)49)39(37)33-27-21-15-9-12-18-24-30-36(5)6/h34-36H,7-33H2,1-6H3,(H,46,47)(H,48,49)(H,50,51). The second-order valence-electron chi connectivity index (χ2n) is 16.7. The molecular formula is C45H78O6. The van der Waals surface area contributed by atoms with Gasteiger partial charge in [-0.1, -0.05) is 176 Å². The molecule has 0 saturated carbocycles. The zero-order chi connectivity index (χ0) is 38.0. The van der Waals surface area contributed by atoms with E-state index in [-0.39, 0.29) is 11.1 Å². The molecule has 0 saturated heterocycles. The number of unbranched alkanes of at least 4 members (excludes halogenated alkanes) is 18. The van der Waals surface area contributed by atoms with Crippen molar-refractivity contribution in [3.8, 4) is 0 Å². The van der Waals surface area contributed by atoms with Gasteiger partial charge in [-0.15, -0.1) is 0 Å². The third-order valence-corrected chi connectivity index (χ3v) is 10.6. The van der Waals surface area contributed by atoms with E-state index < -0.39 is 23.5 Å². The van der Waals surface area contributed by atoms with Crippen LogP contribution in [0.3, 0.4) is 0 Å². The van der Waals surface area contributed by atoms with Crippen molar-refractivity contribution in [3.05, 3.63) is 33.4 Å². The molecule has 0 spiro atoms. The van der Waals surface area contributed by atoms with Gasteiger partial charge in [-0.25, -0.2) is 14.4 Å². The molecule has 0 aliphatic heterocycles. The molecule has 0 radical (unpaired) electrons. The quantitative estimate of drug-likeness (QED) is 0.0625. The molecule has 0 aromatic heterocycles. The van der Waals surface area contributed by atoms with Crippen molar-refractivity contribution in [2.45, 2.75) is 215 Å². The maximum absolute atomic E-state index is 12.8. The highest BCUT2D eigenvalue weighted by Gasteiger charge is 2.33. The summed E-state index contributed by atoms with van der Waals surface area (Å²) in [6, 6.07) is 0. The van der Waals surface area contributed by atoms with Crippen LogP contribution in [0.25, 0.3) is 0 Å². The van der Waals surface area contributed by atoms with Crippen LogP contribution in [0.2, 0.25) is 0 Å². The van der Waals surface area contributed by atoms with E-state index in [9.17, 15) is 29.7 Å². The molecule has 1 aromatic carbocycles. The number of hydrogen-bond donors (Lipinski definition) is 3. The molecule has 0 aliphatic carbocycles. The van der Waals surface area contributed by atoms with E-state index in [1.54, 1.807) is 0 Å². The van der Waals surface area contributed by atoms with Crippen molar-refractivity contribution in [1.29, 1.82) is 0 Å². The van der Waals surface area contributed by atoms with Gasteiger partial charge in [0, 0.05) is 0 Å². The lowest BCUT2D eigenvalue weighted by atomic mass is 9.80. The summed E-state index contributed by atoms with van der Waals surface area (Å²) in [5.41, 5.74) is 0.860. The highest BCUT2D eigenvalue weighted by atomic mass is 16.4. The van der Waals surface area contributed by atoms with Gasteiger partial charge in [0.2, 0.25) is 0 Å². The van der Waals surface area contributed by atoms with Crippen LogP contribution in [0, 0.1) is 17.8 Å². The van der Waals surface area contributed by atoms with Crippen LogP contribution in [-0.4, -0.2) is 33.2 Å². The van der Waals surface area contributed by atoms with Crippen LogP contribution in [0.15, 0.2) is 0 Å². The number of carboxylic acids is 3. The fourth-order valence-electron chi connectivity index (χ4n) is 7.66. The van der Waals surface area contributed by atoms with Crippen LogP contribution >= 0.6 is 0 Å². The van der Waals surface area contributed by atoms with Gasteiger partial charge in [0.05, 0.1) is 16.7 Å². The van der Waals surface area contributed by atoms with Gasteiger partial charge in [0.1, 0.15) is 0 Å². The third-order valence-electron chi connectivity index (χ3n) is 10.6. The maximum Gasteiger partial charge on any atom is 0.337 e. The summed E-state index contributed by atoms with van der Waals surface area (Å²) in [7, 11) is 0. The lowest BCUT2D eigenvalue weighted by molar-refractivity contribution is 0.0631. The summed E-state index contributed by atoms with van der Waals surface area (Å²) >= 11 is 0. The van der Waals surface area contributed by atoms with Crippen LogP contribution in [0.1, 0.15) is 243 Å². The molecule has 0 atom stereocenters. The summed E-state index contributed by atoms with van der Waals surface area (Å²) in [5, 5.41) is 31.2. The van der Waals surface area contributed by atoms with Gasteiger partial charge < -0.3 is 15.3 Å². The largest absolute Gasteiger partial charge is 0.478 e. The van der Waals surface area contributed by atoms with Gasteiger partial charge in [-0.3, -0.25) is 0 Å². The van der Waals surface area contributed by atoms with Crippen molar-refractivity contribution >= 4 is 17.9 Å². The Morgan fingerprint density at radius 2 is 0.549 bits per heavy atom. The van der Waals surface area contributed by atoms with Crippen molar-refractivity contribution in [2.75, 3.05) is 0 Å². The fraction of sp³-hybridized carbons (Fsp3) is 0.800. The number of carbonyl (C=O) groups is 3. The summed E-state index contributed by atoms with van der Waals surface area (Å²) in [6.07, 6.45) is 28.5. The van der Waals surface area contributed by atoms with Gasteiger partial charge >= 0.3 is 17.9 Å². The summed E-state index contributed by atoms with van der Waals surface area (Å²) in [4.78, 5) is 38.3. The van der Waals surface area contributed by atoms with E-state index >= 15 is 0 Å². The van der Waals surface area contributed by atoms with Crippen LogP contribution in [-0.2, 0) is 19.3 Å². The molecule has 0 heterocycles. The molecule has 51 heavy (non-hydrogen) atoms. The molecule has 294 valence electrons. The summed E-state index contributed by atoms with van der Waals surface area (Å²) in [6.45, 7) is 13.6. The van der Waals surface area contributed by atoms with Crippen LogP contribution in [0.5, 0.6) is 0 Å². The van der Waals surface area contributed by atoms with Gasteiger partial charge in [-0.05, 0) is 73.0 Å². The number of hydrogen-bond acceptors (Lipinski definition) is 3. The Kier molecular flexibility index (Phi) is 25.8. The molecule has 0 amide bonds. The second-order valence-corrected chi connectivity index (χ2v) is 16.7. The van der Waals surface area contributed by atoms with E-state index in [0.717, 1.165) is 93.9 Å². The molecular weight excluding hydrogens is 636 g/mol. The Balaban J connectivity index is 3.20. The van der Waals surface area contributed by atoms with Crippen molar-refractivity contribution in [3.63, 3.8) is 0 Å². The Morgan fingerprint density at radius 1 is 0.333 bits per heavy atom. The van der Waals surface area contributed by atoms with E-state index in [0.29, 0.717) is 30.4 Å². The van der Waals surface area contributed by atoms with Crippen molar-refractivity contribution < 1.29 is 29.7 Å². The fourth-order valence-corrected chi connectivity index (χ4v) is 7.66. The molecule has 0 aliphatic rings. The predicted octanol–water partition coefficient (Wildman–Crippen LogP) is 13.7.